The topological polar surface area (TPSA) is 134 Å². The van der Waals surface area contributed by atoms with E-state index in [1.807, 2.05) is 0 Å². The number of hydrogen-bond acceptors (Lipinski definition) is 8. The Bertz CT molecular complexity index is 970. The highest BCUT2D eigenvalue weighted by Crippen LogP contribution is 2.43. The number of nitrogens with two attached hydrogens (primary N) is 1. The molecule has 0 saturated heterocycles. The molecule has 0 aliphatic carbocycles. The first kappa shape index (κ1) is 51.2. The lowest BCUT2D eigenvalue weighted by Gasteiger charge is -2.19. The molecular weight excluding hydrogens is 689 g/mol. The number of ether oxygens (including phenoxy) is 2. The molecule has 0 aromatic carbocycles. The lowest BCUT2D eigenvalue weighted by atomic mass is 10.1. The van der Waals surface area contributed by atoms with E-state index in [2.05, 4.69) is 50.3 Å². The molecule has 0 spiro atoms. The van der Waals surface area contributed by atoms with Crippen LogP contribution in [0.3, 0.4) is 0 Å². The molecule has 0 bridgehead atoms. The normalized spacial score (nSPS) is 13.7. The molecule has 0 heterocycles. The fraction of sp³-hybridized carbons (Fsp3) is 0.814. The molecule has 2 atom stereocenters. The van der Waals surface area contributed by atoms with Crippen molar-refractivity contribution >= 4 is 19.8 Å². The minimum Gasteiger partial charge on any atom is -0.462 e. The Hall–Kier alpha value is -1.77. The summed E-state index contributed by atoms with van der Waals surface area (Å²) in [7, 11) is -4.38. The van der Waals surface area contributed by atoms with Crippen molar-refractivity contribution in [2.24, 2.45) is 5.73 Å². The molecule has 310 valence electrons. The SMILES string of the molecule is CCCCCC/C=C/C=C/CCCCCCCC(=O)O[C@H](COC(=O)CCCCCCCCCCC/C=C/CCCCCC)COP(=O)(O)OCCN. The summed E-state index contributed by atoms with van der Waals surface area (Å²) >= 11 is 0. The maximum absolute atomic E-state index is 12.6. The van der Waals surface area contributed by atoms with Gasteiger partial charge in [0.1, 0.15) is 6.61 Å². The predicted molar refractivity (Wildman–Crippen MR) is 220 cm³/mol. The summed E-state index contributed by atoms with van der Waals surface area (Å²) in [6.07, 6.45) is 43.1. The highest BCUT2D eigenvalue weighted by Gasteiger charge is 2.26. The van der Waals surface area contributed by atoms with Gasteiger partial charge in [-0.2, -0.15) is 0 Å². The van der Waals surface area contributed by atoms with E-state index in [1.165, 1.54) is 103 Å². The second kappa shape index (κ2) is 39.9. The zero-order valence-electron chi connectivity index (χ0n) is 34.0. The molecular formula is C43H80NO8P. The molecule has 9 nitrogen and oxygen atoms in total. The van der Waals surface area contributed by atoms with E-state index in [-0.39, 0.29) is 38.6 Å². The number of unbranched alkanes of at least 4 members (excludes halogenated alkanes) is 22. The summed E-state index contributed by atoms with van der Waals surface area (Å²) in [6.45, 7) is 3.68. The fourth-order valence-electron chi connectivity index (χ4n) is 5.80. The molecule has 3 N–H and O–H groups in total. The highest BCUT2D eigenvalue weighted by molar-refractivity contribution is 7.47. The van der Waals surface area contributed by atoms with Gasteiger partial charge in [0.05, 0.1) is 13.2 Å². The predicted octanol–water partition coefficient (Wildman–Crippen LogP) is 12.2. The first-order valence-corrected chi connectivity index (χ1v) is 23.0. The van der Waals surface area contributed by atoms with Gasteiger partial charge in [-0.05, 0) is 64.2 Å². The molecule has 0 aromatic rings. The molecule has 0 amide bonds. The van der Waals surface area contributed by atoms with Crippen molar-refractivity contribution in [1.29, 1.82) is 0 Å². The van der Waals surface area contributed by atoms with Crippen molar-refractivity contribution in [2.45, 2.75) is 200 Å². The molecule has 0 aromatic heterocycles. The Labute approximate surface area is 324 Å². The molecule has 0 saturated carbocycles. The fourth-order valence-corrected chi connectivity index (χ4v) is 6.56. The van der Waals surface area contributed by atoms with Gasteiger partial charge >= 0.3 is 19.8 Å². The van der Waals surface area contributed by atoms with E-state index in [0.29, 0.717) is 6.42 Å². The van der Waals surface area contributed by atoms with Gasteiger partial charge < -0.3 is 20.1 Å². The number of rotatable bonds is 40. The van der Waals surface area contributed by atoms with Crippen LogP contribution < -0.4 is 5.73 Å². The summed E-state index contributed by atoms with van der Waals surface area (Å²) in [5.74, 6) is -0.847. The van der Waals surface area contributed by atoms with Crippen LogP contribution in [0.4, 0.5) is 0 Å². The Kier molecular flexibility index (Phi) is 38.6. The van der Waals surface area contributed by atoms with Gasteiger partial charge in [-0.3, -0.25) is 18.6 Å². The Morgan fingerprint density at radius 1 is 0.566 bits per heavy atom. The standard InChI is InChI=1S/C43H80NO8P/c1-3-5-7-9-11-13-15-17-19-20-22-23-25-27-29-31-33-35-42(45)49-39-41(40-51-53(47,48)50-38-37-44)52-43(46)36-34-32-30-28-26-24-21-18-16-14-12-10-8-6-4-2/h13-16,18,21,41H,3-12,17,19-20,22-40,44H2,1-2H3,(H,47,48)/b15-13+,16-14+,21-18+/t41-/m1/s1. The Morgan fingerprint density at radius 2 is 0.981 bits per heavy atom. The van der Waals surface area contributed by atoms with Gasteiger partial charge in [0.15, 0.2) is 6.10 Å². The van der Waals surface area contributed by atoms with Crippen molar-refractivity contribution in [3.05, 3.63) is 36.5 Å². The highest BCUT2D eigenvalue weighted by atomic mass is 31.2. The third-order valence-corrected chi connectivity index (χ3v) is 10.0. The summed E-state index contributed by atoms with van der Waals surface area (Å²) in [5.41, 5.74) is 5.34. The van der Waals surface area contributed by atoms with Crippen LogP contribution in [0.25, 0.3) is 0 Å². The van der Waals surface area contributed by atoms with E-state index in [9.17, 15) is 19.0 Å². The van der Waals surface area contributed by atoms with Crippen molar-refractivity contribution in [3.63, 3.8) is 0 Å². The second-order valence-electron chi connectivity index (χ2n) is 14.2. The van der Waals surface area contributed by atoms with Crippen LogP contribution in [-0.4, -0.2) is 49.3 Å². The van der Waals surface area contributed by atoms with Crippen molar-refractivity contribution < 1.29 is 37.6 Å². The van der Waals surface area contributed by atoms with Crippen LogP contribution in [0.15, 0.2) is 36.5 Å². The lowest BCUT2D eigenvalue weighted by molar-refractivity contribution is -0.161. The van der Waals surface area contributed by atoms with E-state index < -0.39 is 26.5 Å². The number of esters is 2. The molecule has 0 aliphatic rings. The lowest BCUT2D eigenvalue weighted by Crippen LogP contribution is -2.29. The van der Waals surface area contributed by atoms with Gasteiger partial charge in [-0.25, -0.2) is 4.57 Å². The number of hydrogen-bond donors (Lipinski definition) is 2. The third-order valence-electron chi connectivity index (χ3n) is 9.03. The number of carbonyl (C=O) groups excluding carboxylic acids is 2. The van der Waals surface area contributed by atoms with Crippen LogP contribution in [0.1, 0.15) is 194 Å². The number of allylic oxidation sites excluding steroid dienone is 6. The number of phosphoric ester groups is 1. The van der Waals surface area contributed by atoms with Gasteiger partial charge in [-0.1, -0.05) is 153 Å². The Morgan fingerprint density at radius 3 is 1.45 bits per heavy atom. The van der Waals surface area contributed by atoms with Crippen molar-refractivity contribution in [3.8, 4) is 0 Å². The van der Waals surface area contributed by atoms with Gasteiger partial charge in [0.2, 0.25) is 0 Å². The monoisotopic (exact) mass is 770 g/mol. The van der Waals surface area contributed by atoms with Crippen molar-refractivity contribution in [1.82, 2.24) is 0 Å². The average molecular weight is 770 g/mol. The number of carbonyl (C=O) groups is 2. The van der Waals surface area contributed by atoms with E-state index in [1.54, 1.807) is 0 Å². The molecule has 10 heteroatoms. The van der Waals surface area contributed by atoms with Crippen LogP contribution in [0, 0.1) is 0 Å². The number of phosphoric acid groups is 1. The second-order valence-corrected chi connectivity index (χ2v) is 15.7. The Balaban J connectivity index is 4.17. The maximum atomic E-state index is 12.6. The van der Waals surface area contributed by atoms with E-state index >= 15 is 0 Å². The van der Waals surface area contributed by atoms with Crippen LogP contribution in [-0.2, 0) is 32.7 Å². The van der Waals surface area contributed by atoms with Gasteiger partial charge in [0, 0.05) is 19.4 Å². The van der Waals surface area contributed by atoms with E-state index in [0.717, 1.165) is 57.8 Å². The summed E-state index contributed by atoms with van der Waals surface area (Å²) in [4.78, 5) is 34.8. The molecule has 0 radical (unpaired) electrons. The zero-order valence-corrected chi connectivity index (χ0v) is 34.9. The maximum Gasteiger partial charge on any atom is 0.472 e. The first-order valence-electron chi connectivity index (χ1n) is 21.5. The smallest absolute Gasteiger partial charge is 0.462 e. The summed E-state index contributed by atoms with van der Waals surface area (Å²) < 4.78 is 32.7. The first-order chi connectivity index (χ1) is 25.8. The summed E-state index contributed by atoms with van der Waals surface area (Å²) in [5, 5.41) is 0. The third kappa shape index (κ3) is 39.7. The molecule has 0 fully saturated rings. The van der Waals surface area contributed by atoms with Crippen LogP contribution >= 0.6 is 7.82 Å². The van der Waals surface area contributed by atoms with E-state index in [4.69, 9.17) is 24.3 Å². The molecule has 0 aliphatic heterocycles. The quantitative estimate of drug-likeness (QED) is 0.0205. The van der Waals surface area contributed by atoms with Gasteiger partial charge in [0.25, 0.3) is 0 Å². The van der Waals surface area contributed by atoms with Crippen molar-refractivity contribution in [2.75, 3.05) is 26.4 Å². The van der Waals surface area contributed by atoms with Gasteiger partial charge in [-0.15, -0.1) is 0 Å². The molecule has 0 rings (SSSR count). The molecule has 1 unspecified atom stereocenters. The molecule has 53 heavy (non-hydrogen) atoms. The summed E-state index contributed by atoms with van der Waals surface area (Å²) in [6, 6.07) is 0. The zero-order chi connectivity index (χ0) is 38.9. The minimum atomic E-state index is -4.38. The van der Waals surface area contributed by atoms with Crippen LogP contribution in [0.2, 0.25) is 0 Å². The largest absolute Gasteiger partial charge is 0.472 e. The average Bonchev–Trinajstić information content (AvgIpc) is 3.14. The van der Waals surface area contributed by atoms with Crippen LogP contribution in [0.5, 0.6) is 0 Å². The minimum absolute atomic E-state index is 0.0502.